The molecule has 156 valence electrons. The zero-order valence-electron chi connectivity index (χ0n) is 17.6. The van der Waals surface area contributed by atoms with E-state index in [1.807, 2.05) is 4.90 Å². The van der Waals surface area contributed by atoms with E-state index in [1.165, 1.54) is 25.2 Å². The first-order valence-electron chi connectivity index (χ1n) is 10.3. The lowest BCUT2D eigenvalue weighted by molar-refractivity contribution is -0.141. The maximum absolute atomic E-state index is 14.0. The number of nitrogens with zero attached hydrogens (tertiary/aromatic N) is 2. The summed E-state index contributed by atoms with van der Waals surface area (Å²) in [6, 6.07) is 5.92. The molecule has 29 heavy (non-hydrogen) atoms. The van der Waals surface area contributed by atoms with Gasteiger partial charge in [-0.3, -0.25) is 19.3 Å². The number of carbonyl (C=O) groups excluding carboxylic acids is 3. The summed E-state index contributed by atoms with van der Waals surface area (Å²) >= 11 is 0. The van der Waals surface area contributed by atoms with Crippen LogP contribution >= 0.6 is 0 Å². The van der Waals surface area contributed by atoms with Crippen molar-refractivity contribution in [3.8, 4) is 0 Å². The van der Waals surface area contributed by atoms with E-state index in [4.69, 9.17) is 0 Å². The molecule has 1 aliphatic carbocycles. The largest absolute Gasteiger partial charge is 0.339 e. The van der Waals surface area contributed by atoms with Crippen LogP contribution in [-0.2, 0) is 19.8 Å². The third-order valence-corrected chi connectivity index (χ3v) is 7.11. The molecule has 0 aromatic heterocycles. The van der Waals surface area contributed by atoms with Gasteiger partial charge >= 0.3 is 0 Å². The predicted molar refractivity (Wildman–Crippen MR) is 106 cm³/mol. The van der Waals surface area contributed by atoms with Crippen molar-refractivity contribution in [3.63, 3.8) is 0 Å². The number of hydrogen-bond donors (Lipinski definition) is 0. The molecule has 3 aliphatic rings. The Bertz CT molecular complexity index is 898. The summed E-state index contributed by atoms with van der Waals surface area (Å²) in [7, 11) is 1.43. The molecule has 4 rings (SSSR count). The molecule has 2 bridgehead atoms. The molecular weight excluding hydrogens is 371 g/mol. The number of likely N-dealkylation sites (N-methyl/N-ethyl adjacent to an activating group) is 1. The molecule has 2 aliphatic heterocycles. The molecule has 1 aromatic carbocycles. The minimum absolute atomic E-state index is 0.0837. The molecule has 3 fully saturated rings. The number of benzene rings is 1. The topological polar surface area (TPSA) is 57.7 Å². The van der Waals surface area contributed by atoms with Gasteiger partial charge in [-0.15, -0.1) is 0 Å². The SMILES string of the molecule is CN1C(=O)C[C@](CC(=O)N2C[C@@]3(C)C[C@@H]2CC(C)(C)C3)(c2cccc(F)c2)C1=O. The minimum atomic E-state index is -1.32. The van der Waals surface area contributed by atoms with E-state index >= 15 is 0 Å². The lowest BCUT2D eigenvalue weighted by Gasteiger charge is -2.39. The van der Waals surface area contributed by atoms with Crippen LogP contribution in [0.25, 0.3) is 0 Å². The van der Waals surface area contributed by atoms with Crippen molar-refractivity contribution in [2.24, 2.45) is 10.8 Å². The maximum Gasteiger partial charge on any atom is 0.240 e. The standard InChI is InChI=1S/C23H29FN2O3/c1-21(2)9-17-10-22(3,13-21)14-26(17)19(28)12-23(11-18(27)25(4)20(23)29)15-6-5-7-16(24)8-15/h5-8,17H,9-14H2,1-4H3/t17-,22-,23-/m0/s1. The average molecular weight is 400 g/mol. The molecule has 2 saturated heterocycles. The van der Waals surface area contributed by atoms with Gasteiger partial charge in [0, 0.05) is 32.5 Å². The van der Waals surface area contributed by atoms with Crippen molar-refractivity contribution in [2.75, 3.05) is 13.6 Å². The van der Waals surface area contributed by atoms with Crippen molar-refractivity contribution in [3.05, 3.63) is 35.6 Å². The quantitative estimate of drug-likeness (QED) is 0.732. The molecule has 0 radical (unpaired) electrons. The Morgan fingerprint density at radius 2 is 1.93 bits per heavy atom. The van der Waals surface area contributed by atoms with E-state index in [0.717, 1.165) is 24.2 Å². The lowest BCUT2D eigenvalue weighted by Crippen LogP contribution is -2.44. The normalized spacial score (nSPS) is 33.5. The van der Waals surface area contributed by atoms with Crippen LogP contribution in [0.5, 0.6) is 0 Å². The monoisotopic (exact) mass is 400 g/mol. The fourth-order valence-corrected chi connectivity index (χ4v) is 6.25. The van der Waals surface area contributed by atoms with Crippen LogP contribution in [0.3, 0.4) is 0 Å². The smallest absolute Gasteiger partial charge is 0.240 e. The lowest BCUT2D eigenvalue weighted by atomic mass is 9.65. The Labute approximate surface area is 171 Å². The molecule has 3 amide bonds. The van der Waals surface area contributed by atoms with Crippen molar-refractivity contribution < 1.29 is 18.8 Å². The minimum Gasteiger partial charge on any atom is -0.339 e. The summed E-state index contributed by atoms with van der Waals surface area (Å²) in [4.78, 5) is 41.9. The van der Waals surface area contributed by atoms with Crippen LogP contribution < -0.4 is 0 Å². The third-order valence-electron chi connectivity index (χ3n) is 7.11. The molecular formula is C23H29FN2O3. The molecule has 0 spiro atoms. The predicted octanol–water partition coefficient (Wildman–Crippen LogP) is 3.27. The molecule has 1 saturated carbocycles. The van der Waals surface area contributed by atoms with Crippen LogP contribution in [0.4, 0.5) is 4.39 Å². The number of amides is 3. The zero-order valence-corrected chi connectivity index (χ0v) is 17.6. The van der Waals surface area contributed by atoms with Crippen LogP contribution in [0, 0.1) is 16.6 Å². The van der Waals surface area contributed by atoms with Gasteiger partial charge in [-0.05, 0) is 47.8 Å². The number of rotatable bonds is 3. The Balaban J connectivity index is 1.67. The first kappa shape index (κ1) is 20.0. The van der Waals surface area contributed by atoms with Gasteiger partial charge in [0.15, 0.2) is 0 Å². The van der Waals surface area contributed by atoms with Gasteiger partial charge < -0.3 is 4.90 Å². The highest BCUT2D eigenvalue weighted by Crippen LogP contribution is 2.53. The van der Waals surface area contributed by atoms with Gasteiger partial charge in [-0.25, -0.2) is 4.39 Å². The molecule has 1 aromatic rings. The summed E-state index contributed by atoms with van der Waals surface area (Å²) in [6.45, 7) is 7.40. The number of fused-ring (bicyclic) bond motifs is 2. The molecule has 3 atom stereocenters. The van der Waals surface area contributed by atoms with Gasteiger partial charge in [0.25, 0.3) is 0 Å². The second-order valence-electron chi connectivity index (χ2n) is 10.4. The average Bonchev–Trinajstić information content (AvgIpc) is 2.99. The Morgan fingerprint density at radius 3 is 2.55 bits per heavy atom. The summed E-state index contributed by atoms with van der Waals surface area (Å²) in [5, 5.41) is 0. The van der Waals surface area contributed by atoms with Crippen molar-refractivity contribution in [1.29, 1.82) is 0 Å². The Kier molecular flexibility index (Phi) is 4.41. The van der Waals surface area contributed by atoms with Crippen molar-refractivity contribution in [1.82, 2.24) is 9.80 Å². The third kappa shape index (κ3) is 3.26. The molecule has 2 heterocycles. The fourth-order valence-electron chi connectivity index (χ4n) is 6.25. The van der Waals surface area contributed by atoms with Gasteiger partial charge in [0.05, 0.1) is 5.41 Å². The highest BCUT2D eigenvalue weighted by molar-refractivity contribution is 6.10. The van der Waals surface area contributed by atoms with Crippen LogP contribution in [0.15, 0.2) is 24.3 Å². The number of imide groups is 1. The molecule has 0 unspecified atom stereocenters. The Morgan fingerprint density at radius 1 is 1.21 bits per heavy atom. The van der Waals surface area contributed by atoms with Gasteiger partial charge in [0.2, 0.25) is 17.7 Å². The molecule has 6 heteroatoms. The molecule has 0 N–H and O–H groups in total. The second kappa shape index (κ2) is 6.38. The number of halogens is 1. The van der Waals surface area contributed by atoms with E-state index < -0.39 is 17.1 Å². The Hall–Kier alpha value is -2.24. The van der Waals surface area contributed by atoms with E-state index in [-0.39, 0.29) is 41.5 Å². The first-order valence-corrected chi connectivity index (χ1v) is 10.3. The van der Waals surface area contributed by atoms with Crippen molar-refractivity contribution >= 4 is 17.7 Å². The van der Waals surface area contributed by atoms with Crippen LogP contribution in [0.1, 0.15) is 58.4 Å². The maximum atomic E-state index is 14.0. The van der Waals surface area contributed by atoms with Crippen LogP contribution in [0.2, 0.25) is 0 Å². The highest BCUT2D eigenvalue weighted by atomic mass is 19.1. The van der Waals surface area contributed by atoms with E-state index in [9.17, 15) is 18.8 Å². The van der Waals surface area contributed by atoms with Gasteiger partial charge in [-0.2, -0.15) is 0 Å². The highest BCUT2D eigenvalue weighted by Gasteiger charge is 2.56. The molecule has 5 nitrogen and oxygen atoms in total. The summed E-state index contributed by atoms with van der Waals surface area (Å²) in [5.74, 6) is -1.34. The number of likely N-dealkylation sites (tertiary alicyclic amines) is 2. The summed E-state index contributed by atoms with van der Waals surface area (Å²) in [6.07, 6.45) is 2.78. The van der Waals surface area contributed by atoms with E-state index in [0.29, 0.717) is 12.1 Å². The van der Waals surface area contributed by atoms with E-state index in [2.05, 4.69) is 20.8 Å². The van der Waals surface area contributed by atoms with Gasteiger partial charge in [-0.1, -0.05) is 32.9 Å². The summed E-state index contributed by atoms with van der Waals surface area (Å²) in [5.41, 5.74) is -0.660. The van der Waals surface area contributed by atoms with Crippen LogP contribution in [-0.4, -0.2) is 47.2 Å². The van der Waals surface area contributed by atoms with E-state index in [1.54, 1.807) is 6.07 Å². The first-order chi connectivity index (χ1) is 13.4. The number of carbonyl (C=O) groups is 3. The fraction of sp³-hybridized carbons (Fsp3) is 0.609. The number of hydrogen-bond acceptors (Lipinski definition) is 3. The zero-order chi connectivity index (χ0) is 21.2. The summed E-state index contributed by atoms with van der Waals surface area (Å²) < 4.78 is 14.0. The van der Waals surface area contributed by atoms with Gasteiger partial charge in [0.1, 0.15) is 5.82 Å². The van der Waals surface area contributed by atoms with Crippen molar-refractivity contribution in [2.45, 2.75) is 64.3 Å². The second-order valence-corrected chi connectivity index (χ2v) is 10.4.